The molecule has 0 aliphatic carbocycles. The van der Waals surface area contributed by atoms with Crippen molar-refractivity contribution in [2.75, 3.05) is 13.1 Å². The number of fused-ring (bicyclic) bond motifs is 1. The van der Waals surface area contributed by atoms with Crippen molar-refractivity contribution in [2.45, 2.75) is 25.8 Å². The molecule has 26 heavy (non-hydrogen) atoms. The smallest absolute Gasteiger partial charge is 0.160 e. The molecule has 2 aromatic heterocycles. The normalized spacial score (nSPS) is 14.7. The molecule has 0 bridgehead atoms. The molecule has 1 N–H and O–H groups in total. The van der Waals surface area contributed by atoms with Crippen LogP contribution in [0.5, 0.6) is 0 Å². The molecule has 1 aliphatic heterocycles. The van der Waals surface area contributed by atoms with Crippen LogP contribution >= 0.6 is 24.8 Å². The van der Waals surface area contributed by atoms with E-state index in [-0.39, 0.29) is 30.6 Å². The van der Waals surface area contributed by atoms with Crippen LogP contribution in [0.3, 0.4) is 0 Å². The second kappa shape index (κ2) is 9.31. The van der Waals surface area contributed by atoms with Crippen molar-refractivity contribution in [3.05, 3.63) is 59.8 Å². The molecule has 7 heteroatoms. The van der Waals surface area contributed by atoms with Crippen molar-refractivity contribution in [1.82, 2.24) is 19.9 Å². The van der Waals surface area contributed by atoms with Crippen LogP contribution in [0.4, 0.5) is 4.39 Å². The van der Waals surface area contributed by atoms with E-state index in [1.54, 1.807) is 6.20 Å². The largest absolute Gasteiger partial charge is 0.317 e. The first-order chi connectivity index (χ1) is 11.8. The van der Waals surface area contributed by atoms with Crippen LogP contribution in [0.2, 0.25) is 0 Å². The van der Waals surface area contributed by atoms with Crippen LogP contribution in [0, 0.1) is 11.7 Å². The summed E-state index contributed by atoms with van der Waals surface area (Å²) in [6.45, 7) is 2.84. The van der Waals surface area contributed by atoms with Crippen molar-refractivity contribution < 1.29 is 4.39 Å². The van der Waals surface area contributed by atoms with Crippen molar-refractivity contribution in [3.8, 4) is 0 Å². The minimum atomic E-state index is -0.206. The van der Waals surface area contributed by atoms with Gasteiger partial charge in [0.2, 0.25) is 0 Å². The standard InChI is InChI=1S/C19H21FN4.2ClH/c20-16-5-3-15(4-6-16)13-24-18(12-14-7-10-21-11-8-14)23-17-2-1-9-22-19(17)24;;/h1-6,9,14,21H,7-8,10-13H2;2*1H. The van der Waals surface area contributed by atoms with Crippen LogP contribution in [-0.2, 0) is 13.0 Å². The Morgan fingerprint density at radius 2 is 1.81 bits per heavy atom. The molecule has 1 fully saturated rings. The second-order valence-electron chi connectivity index (χ2n) is 6.48. The van der Waals surface area contributed by atoms with E-state index in [9.17, 15) is 4.39 Å². The van der Waals surface area contributed by atoms with Gasteiger partial charge in [0, 0.05) is 12.6 Å². The van der Waals surface area contributed by atoms with Crippen molar-refractivity contribution >= 4 is 36.0 Å². The van der Waals surface area contributed by atoms with Gasteiger partial charge in [0.25, 0.3) is 0 Å². The summed E-state index contributed by atoms with van der Waals surface area (Å²) in [5.74, 6) is 1.54. The Bertz CT molecular complexity index is 829. The predicted molar refractivity (Wildman–Crippen MR) is 107 cm³/mol. The number of nitrogens with one attached hydrogen (secondary N) is 1. The minimum Gasteiger partial charge on any atom is -0.317 e. The topological polar surface area (TPSA) is 42.7 Å². The van der Waals surface area contributed by atoms with Crippen LogP contribution in [0.25, 0.3) is 11.2 Å². The van der Waals surface area contributed by atoms with Gasteiger partial charge >= 0.3 is 0 Å². The zero-order valence-electron chi connectivity index (χ0n) is 14.4. The molecule has 3 heterocycles. The van der Waals surface area contributed by atoms with Gasteiger partial charge in [-0.2, -0.15) is 0 Å². The number of rotatable bonds is 4. The summed E-state index contributed by atoms with van der Waals surface area (Å²) in [4.78, 5) is 9.35. The molecular formula is C19H23Cl2FN4. The highest BCUT2D eigenvalue weighted by atomic mass is 35.5. The lowest BCUT2D eigenvalue weighted by molar-refractivity contribution is 0.364. The lowest BCUT2D eigenvalue weighted by Crippen LogP contribution is -2.29. The molecule has 0 spiro atoms. The SMILES string of the molecule is Cl.Cl.Fc1ccc(Cn2c(CC3CCNCC3)nc3cccnc32)cc1. The number of piperidine rings is 1. The number of aromatic nitrogens is 3. The van der Waals surface area contributed by atoms with Crippen molar-refractivity contribution in [3.63, 3.8) is 0 Å². The van der Waals surface area contributed by atoms with E-state index < -0.39 is 0 Å². The first-order valence-corrected chi connectivity index (χ1v) is 8.55. The summed E-state index contributed by atoms with van der Waals surface area (Å²) in [5, 5.41) is 3.41. The maximum Gasteiger partial charge on any atom is 0.160 e. The summed E-state index contributed by atoms with van der Waals surface area (Å²) in [5.41, 5.74) is 2.90. The van der Waals surface area contributed by atoms with Gasteiger partial charge in [0.1, 0.15) is 17.2 Å². The summed E-state index contributed by atoms with van der Waals surface area (Å²) >= 11 is 0. The van der Waals surface area contributed by atoms with Crippen molar-refractivity contribution in [1.29, 1.82) is 0 Å². The number of benzene rings is 1. The van der Waals surface area contributed by atoms with Gasteiger partial charge in [-0.1, -0.05) is 12.1 Å². The molecule has 0 radical (unpaired) electrons. The Kier molecular flexibility index (Phi) is 7.38. The van der Waals surface area contributed by atoms with Gasteiger partial charge in [-0.3, -0.25) is 0 Å². The molecule has 0 unspecified atom stereocenters. The van der Waals surface area contributed by atoms with Crippen LogP contribution in [0.15, 0.2) is 42.6 Å². The number of hydrogen-bond donors (Lipinski definition) is 1. The molecule has 4 nitrogen and oxygen atoms in total. The molecule has 4 rings (SSSR count). The van der Waals surface area contributed by atoms with E-state index >= 15 is 0 Å². The Labute approximate surface area is 165 Å². The van der Waals surface area contributed by atoms with Crippen molar-refractivity contribution in [2.24, 2.45) is 5.92 Å². The summed E-state index contributed by atoms with van der Waals surface area (Å²) in [6, 6.07) is 10.6. The van der Waals surface area contributed by atoms with Gasteiger partial charge in [0.15, 0.2) is 5.65 Å². The fourth-order valence-corrected chi connectivity index (χ4v) is 3.44. The monoisotopic (exact) mass is 396 g/mol. The van der Waals surface area contributed by atoms with E-state index in [1.165, 1.54) is 25.0 Å². The van der Waals surface area contributed by atoms with Gasteiger partial charge in [-0.05, 0) is 61.7 Å². The van der Waals surface area contributed by atoms with Crippen LogP contribution in [-0.4, -0.2) is 27.6 Å². The Morgan fingerprint density at radius 3 is 2.54 bits per heavy atom. The van der Waals surface area contributed by atoms with Crippen LogP contribution < -0.4 is 5.32 Å². The summed E-state index contributed by atoms with van der Waals surface area (Å²) < 4.78 is 15.4. The molecular weight excluding hydrogens is 374 g/mol. The lowest BCUT2D eigenvalue weighted by atomic mass is 9.94. The fraction of sp³-hybridized carbons (Fsp3) is 0.368. The highest BCUT2D eigenvalue weighted by molar-refractivity contribution is 5.85. The third-order valence-electron chi connectivity index (χ3n) is 4.77. The van der Waals surface area contributed by atoms with Gasteiger partial charge in [-0.25, -0.2) is 14.4 Å². The third-order valence-corrected chi connectivity index (χ3v) is 4.77. The molecule has 0 saturated carbocycles. The van der Waals surface area contributed by atoms with E-state index in [4.69, 9.17) is 4.98 Å². The number of imidazole rings is 1. The maximum atomic E-state index is 13.2. The number of pyridine rings is 1. The Balaban J connectivity index is 0.00000121. The molecule has 3 aromatic rings. The van der Waals surface area contributed by atoms with E-state index in [0.717, 1.165) is 42.1 Å². The average molecular weight is 397 g/mol. The number of halogens is 3. The van der Waals surface area contributed by atoms with E-state index in [2.05, 4.69) is 14.9 Å². The average Bonchev–Trinajstić information content (AvgIpc) is 2.95. The maximum absolute atomic E-state index is 13.2. The molecule has 1 saturated heterocycles. The second-order valence-corrected chi connectivity index (χ2v) is 6.48. The lowest BCUT2D eigenvalue weighted by Gasteiger charge is -2.22. The zero-order chi connectivity index (χ0) is 16.4. The van der Waals surface area contributed by atoms with E-state index in [1.807, 2.05) is 24.3 Å². The summed E-state index contributed by atoms with van der Waals surface area (Å²) in [6.07, 6.45) is 5.15. The molecule has 140 valence electrons. The van der Waals surface area contributed by atoms with Gasteiger partial charge in [-0.15, -0.1) is 24.8 Å². The fourth-order valence-electron chi connectivity index (χ4n) is 3.44. The molecule has 0 atom stereocenters. The van der Waals surface area contributed by atoms with Crippen LogP contribution in [0.1, 0.15) is 24.2 Å². The predicted octanol–water partition coefficient (Wildman–Crippen LogP) is 4.00. The Hall–Kier alpha value is -1.69. The first kappa shape index (κ1) is 20.6. The van der Waals surface area contributed by atoms with Gasteiger partial charge < -0.3 is 9.88 Å². The highest BCUT2D eigenvalue weighted by Crippen LogP contribution is 2.22. The van der Waals surface area contributed by atoms with Gasteiger partial charge in [0.05, 0.1) is 6.54 Å². The van der Waals surface area contributed by atoms with E-state index in [0.29, 0.717) is 12.5 Å². The minimum absolute atomic E-state index is 0. The number of nitrogens with zero attached hydrogens (tertiary/aromatic N) is 3. The zero-order valence-corrected chi connectivity index (χ0v) is 16.0. The quantitative estimate of drug-likeness (QED) is 0.724. The third kappa shape index (κ3) is 4.53. The first-order valence-electron chi connectivity index (χ1n) is 8.55. The molecule has 1 aliphatic rings. The Morgan fingerprint density at radius 1 is 1.08 bits per heavy atom. The highest BCUT2D eigenvalue weighted by Gasteiger charge is 2.19. The molecule has 0 amide bonds. The summed E-state index contributed by atoms with van der Waals surface area (Å²) in [7, 11) is 0. The number of hydrogen-bond acceptors (Lipinski definition) is 3. The molecule has 1 aromatic carbocycles.